The summed E-state index contributed by atoms with van der Waals surface area (Å²) in [7, 11) is 0. The Hall–Kier alpha value is -0.370. The van der Waals surface area contributed by atoms with Crippen molar-refractivity contribution < 1.29 is 4.79 Å². The molecule has 0 radical (unpaired) electrons. The van der Waals surface area contributed by atoms with E-state index >= 15 is 0 Å². The lowest BCUT2D eigenvalue weighted by Gasteiger charge is -2.27. The fourth-order valence-corrected chi connectivity index (χ4v) is 1.75. The molecule has 0 amide bonds. The molecule has 0 saturated carbocycles. The van der Waals surface area contributed by atoms with Crippen LogP contribution in [0, 0.1) is 0 Å². The van der Waals surface area contributed by atoms with Gasteiger partial charge in [-0.1, -0.05) is 6.42 Å². The first-order valence-corrected chi connectivity index (χ1v) is 4.44. The van der Waals surface area contributed by atoms with Crippen LogP contribution in [0.5, 0.6) is 0 Å². The standard InChI is InChI=1S/C9H17NO/c1-7-4-3-5-9(10-7)6-8(2)11/h7,9-10H,3-6H2,1-2H3/t7-,9-/m0/s1. The van der Waals surface area contributed by atoms with E-state index in [1.54, 1.807) is 6.92 Å². The first kappa shape index (κ1) is 8.72. The van der Waals surface area contributed by atoms with E-state index in [1.165, 1.54) is 19.3 Å². The molecule has 1 N–H and O–H groups in total. The first-order valence-electron chi connectivity index (χ1n) is 4.44. The monoisotopic (exact) mass is 155 g/mol. The highest BCUT2D eigenvalue weighted by molar-refractivity contribution is 5.76. The van der Waals surface area contributed by atoms with Gasteiger partial charge < -0.3 is 5.32 Å². The molecule has 0 spiro atoms. The van der Waals surface area contributed by atoms with E-state index in [9.17, 15) is 4.79 Å². The fraction of sp³-hybridized carbons (Fsp3) is 0.889. The number of ketones is 1. The van der Waals surface area contributed by atoms with E-state index in [0.717, 1.165) is 0 Å². The minimum absolute atomic E-state index is 0.302. The third-order valence-corrected chi connectivity index (χ3v) is 2.24. The molecule has 1 fully saturated rings. The van der Waals surface area contributed by atoms with Crippen molar-refractivity contribution in [3.05, 3.63) is 0 Å². The van der Waals surface area contributed by atoms with Crippen molar-refractivity contribution in [1.82, 2.24) is 5.32 Å². The van der Waals surface area contributed by atoms with Crippen LogP contribution in [-0.4, -0.2) is 17.9 Å². The van der Waals surface area contributed by atoms with Crippen LogP contribution in [-0.2, 0) is 4.79 Å². The summed E-state index contributed by atoms with van der Waals surface area (Å²) in [6, 6.07) is 1.06. The average molecular weight is 155 g/mol. The third-order valence-electron chi connectivity index (χ3n) is 2.24. The summed E-state index contributed by atoms with van der Waals surface area (Å²) < 4.78 is 0. The van der Waals surface area contributed by atoms with Crippen LogP contribution in [0.3, 0.4) is 0 Å². The normalized spacial score (nSPS) is 31.8. The van der Waals surface area contributed by atoms with Crippen LogP contribution < -0.4 is 5.32 Å². The van der Waals surface area contributed by atoms with Gasteiger partial charge in [0.2, 0.25) is 0 Å². The lowest BCUT2D eigenvalue weighted by Crippen LogP contribution is -2.41. The van der Waals surface area contributed by atoms with Crippen molar-refractivity contribution in [3.63, 3.8) is 0 Å². The lowest BCUT2D eigenvalue weighted by molar-refractivity contribution is -0.117. The van der Waals surface area contributed by atoms with Crippen molar-refractivity contribution in [3.8, 4) is 0 Å². The maximum absolute atomic E-state index is 10.8. The van der Waals surface area contributed by atoms with Gasteiger partial charge in [-0.3, -0.25) is 4.79 Å². The Morgan fingerprint density at radius 1 is 1.55 bits per heavy atom. The zero-order valence-electron chi connectivity index (χ0n) is 7.39. The number of carbonyl (C=O) groups excluding carboxylic acids is 1. The SMILES string of the molecule is CC(=O)C[C@@H]1CCC[C@H](C)N1. The molecule has 1 aliphatic rings. The summed E-state index contributed by atoms with van der Waals surface area (Å²) in [5.41, 5.74) is 0. The van der Waals surface area contributed by atoms with Crippen molar-refractivity contribution in [2.45, 2.75) is 51.6 Å². The van der Waals surface area contributed by atoms with E-state index in [4.69, 9.17) is 0 Å². The minimum Gasteiger partial charge on any atom is -0.311 e. The zero-order valence-corrected chi connectivity index (χ0v) is 7.39. The smallest absolute Gasteiger partial charge is 0.131 e. The van der Waals surface area contributed by atoms with Crippen LogP contribution in [0.2, 0.25) is 0 Å². The number of carbonyl (C=O) groups is 1. The number of hydrogen-bond donors (Lipinski definition) is 1. The molecule has 1 aliphatic heterocycles. The highest BCUT2D eigenvalue weighted by Gasteiger charge is 2.18. The first-order chi connectivity index (χ1) is 5.18. The highest BCUT2D eigenvalue weighted by atomic mass is 16.1. The predicted molar refractivity (Wildman–Crippen MR) is 45.5 cm³/mol. The molecule has 0 unspecified atom stereocenters. The van der Waals surface area contributed by atoms with Gasteiger partial charge in [-0.05, 0) is 26.7 Å². The Labute approximate surface area is 68.4 Å². The van der Waals surface area contributed by atoms with E-state index in [-0.39, 0.29) is 0 Å². The fourth-order valence-electron chi connectivity index (χ4n) is 1.75. The van der Waals surface area contributed by atoms with Crippen molar-refractivity contribution >= 4 is 5.78 Å². The summed E-state index contributed by atoms with van der Waals surface area (Å²) in [5.74, 6) is 0.302. The van der Waals surface area contributed by atoms with Crippen LogP contribution in [0.1, 0.15) is 39.5 Å². The Morgan fingerprint density at radius 2 is 2.27 bits per heavy atom. The van der Waals surface area contributed by atoms with Gasteiger partial charge >= 0.3 is 0 Å². The molecule has 0 aliphatic carbocycles. The predicted octanol–water partition coefficient (Wildman–Crippen LogP) is 1.50. The van der Waals surface area contributed by atoms with Gasteiger partial charge in [0.05, 0.1) is 0 Å². The second kappa shape index (κ2) is 3.86. The molecule has 1 rings (SSSR count). The maximum atomic E-state index is 10.8. The number of rotatable bonds is 2. The number of Topliss-reactive ketones (excluding diaryl/α,β-unsaturated/α-hetero) is 1. The van der Waals surface area contributed by atoms with Crippen LogP contribution in [0.15, 0.2) is 0 Å². The average Bonchev–Trinajstić information content (AvgIpc) is 1.85. The summed E-state index contributed by atoms with van der Waals surface area (Å²) in [5, 5.41) is 3.43. The zero-order chi connectivity index (χ0) is 8.27. The van der Waals surface area contributed by atoms with E-state index in [2.05, 4.69) is 12.2 Å². The van der Waals surface area contributed by atoms with Gasteiger partial charge in [0.1, 0.15) is 5.78 Å². The largest absolute Gasteiger partial charge is 0.311 e. The highest BCUT2D eigenvalue weighted by Crippen LogP contribution is 2.14. The molecule has 0 bridgehead atoms. The molecule has 2 nitrogen and oxygen atoms in total. The van der Waals surface area contributed by atoms with Crippen LogP contribution >= 0.6 is 0 Å². The van der Waals surface area contributed by atoms with Crippen molar-refractivity contribution in [2.75, 3.05) is 0 Å². The molecule has 0 aromatic heterocycles. The summed E-state index contributed by atoms with van der Waals surface area (Å²) >= 11 is 0. The quantitative estimate of drug-likeness (QED) is 0.654. The molecule has 1 saturated heterocycles. The number of hydrogen-bond acceptors (Lipinski definition) is 2. The van der Waals surface area contributed by atoms with Gasteiger partial charge in [-0.2, -0.15) is 0 Å². The van der Waals surface area contributed by atoms with Gasteiger partial charge in [-0.15, -0.1) is 0 Å². The van der Waals surface area contributed by atoms with Crippen molar-refractivity contribution in [1.29, 1.82) is 0 Å². The van der Waals surface area contributed by atoms with Crippen LogP contribution in [0.4, 0.5) is 0 Å². The molecule has 0 aromatic rings. The number of piperidine rings is 1. The second-order valence-electron chi connectivity index (χ2n) is 3.60. The topological polar surface area (TPSA) is 29.1 Å². The van der Waals surface area contributed by atoms with E-state index in [0.29, 0.717) is 24.3 Å². The molecule has 1 heterocycles. The summed E-state index contributed by atoms with van der Waals surface area (Å²) in [4.78, 5) is 10.8. The van der Waals surface area contributed by atoms with Crippen molar-refractivity contribution in [2.24, 2.45) is 0 Å². The molecule has 2 atom stereocenters. The van der Waals surface area contributed by atoms with Crippen LogP contribution in [0.25, 0.3) is 0 Å². The Bertz CT molecular complexity index is 144. The molecule has 2 heteroatoms. The molecule has 11 heavy (non-hydrogen) atoms. The van der Waals surface area contributed by atoms with E-state index in [1.807, 2.05) is 0 Å². The van der Waals surface area contributed by atoms with Gasteiger partial charge in [-0.25, -0.2) is 0 Å². The number of nitrogens with one attached hydrogen (secondary N) is 1. The Morgan fingerprint density at radius 3 is 2.82 bits per heavy atom. The third kappa shape index (κ3) is 3.02. The van der Waals surface area contributed by atoms with E-state index < -0.39 is 0 Å². The van der Waals surface area contributed by atoms with Gasteiger partial charge in [0, 0.05) is 18.5 Å². The Kier molecular flexibility index (Phi) is 3.06. The molecular weight excluding hydrogens is 138 g/mol. The molecular formula is C9H17NO. The molecule has 0 aromatic carbocycles. The second-order valence-corrected chi connectivity index (χ2v) is 3.60. The minimum atomic E-state index is 0.302. The van der Waals surface area contributed by atoms with Gasteiger partial charge in [0.25, 0.3) is 0 Å². The molecule has 64 valence electrons. The van der Waals surface area contributed by atoms with Gasteiger partial charge in [0.15, 0.2) is 0 Å². The summed E-state index contributed by atoms with van der Waals surface area (Å²) in [6.45, 7) is 3.85. The Balaban J connectivity index is 2.28. The summed E-state index contributed by atoms with van der Waals surface area (Å²) in [6.07, 6.45) is 4.41. The lowest BCUT2D eigenvalue weighted by atomic mass is 9.96. The maximum Gasteiger partial charge on any atom is 0.131 e.